The number of halogens is 1. The maximum absolute atomic E-state index is 11.0. The number of H-pyrrole nitrogens is 1. The molecule has 0 saturated carbocycles. The van der Waals surface area contributed by atoms with Crippen LogP contribution >= 0.6 is 15.9 Å². The average Bonchev–Trinajstić information content (AvgIpc) is 3.79. The van der Waals surface area contributed by atoms with Crippen LogP contribution in [0, 0.1) is 41.5 Å². The third kappa shape index (κ3) is 12.2. The fourth-order valence-corrected chi connectivity index (χ4v) is 6.41. The topological polar surface area (TPSA) is 169 Å². The summed E-state index contributed by atoms with van der Waals surface area (Å²) in [5.41, 5.74) is 11.0. The summed E-state index contributed by atoms with van der Waals surface area (Å²) < 4.78 is 28.5. The molecule has 1 saturated heterocycles. The summed E-state index contributed by atoms with van der Waals surface area (Å²) in [7, 11) is 8.70. The fourth-order valence-electron chi connectivity index (χ4n) is 6.17. The number of pyridine rings is 3. The highest BCUT2D eigenvalue weighted by molar-refractivity contribution is 9.10. The molecule has 6 aromatic rings. The Hall–Kier alpha value is -5.10. The number of aliphatic hydroxyl groups excluding tert-OH is 1. The molecule has 1 aliphatic rings. The van der Waals surface area contributed by atoms with Gasteiger partial charge in [-0.05, 0) is 110 Å². The first kappa shape index (κ1) is 49.3. The Morgan fingerprint density at radius 1 is 0.700 bits per heavy atom. The number of rotatable bonds is 5. The molecule has 6 aromatic heterocycles. The van der Waals surface area contributed by atoms with Crippen LogP contribution in [0.4, 0.5) is 0 Å². The molecule has 7 rings (SSSR count). The molecular formula is C43H61BBrN9O6. The Bertz CT molecular complexity index is 2310. The second kappa shape index (κ2) is 21.4. The Kier molecular flexibility index (Phi) is 17.6. The minimum Gasteiger partial charge on any atom is -0.481 e. The Labute approximate surface area is 362 Å². The van der Waals surface area contributed by atoms with E-state index in [-0.39, 0.29) is 30.5 Å². The van der Waals surface area contributed by atoms with Crippen LogP contribution in [-0.2, 0) is 30.5 Å². The quantitative estimate of drug-likeness (QED) is 0.177. The second-order valence-electron chi connectivity index (χ2n) is 15.0. The molecule has 0 radical (unpaired) electrons. The van der Waals surface area contributed by atoms with Gasteiger partial charge in [-0.1, -0.05) is 0 Å². The smallest absolute Gasteiger partial charge is 0.481 e. The second-order valence-corrected chi connectivity index (χ2v) is 15.9. The molecule has 0 unspecified atom stereocenters. The predicted molar refractivity (Wildman–Crippen MR) is 241 cm³/mol. The first-order valence-electron chi connectivity index (χ1n) is 19.4. The molecule has 17 heteroatoms. The maximum Gasteiger partial charge on any atom is 0.498 e. The van der Waals surface area contributed by atoms with Crippen molar-refractivity contribution in [2.24, 2.45) is 21.1 Å². The summed E-state index contributed by atoms with van der Waals surface area (Å²) in [6.45, 7) is 22.3. The highest BCUT2D eigenvalue weighted by atomic mass is 79.9. The number of aryl methyl sites for hydroxylation is 6. The van der Waals surface area contributed by atoms with E-state index in [1.807, 2.05) is 100 Å². The SMILES string of the molecule is CCO.COc1ccc(-c2c(C)nn(C)c2C)cn1.COc1ccc(Br)cn1.Cc1nn(C)c(C)c1-c1ccc(=O)[nH]c1.Cc1nn(C)c(C)c1B1OC(C)(C)C(C)(C)O1. The van der Waals surface area contributed by atoms with Crippen molar-refractivity contribution in [3.05, 3.63) is 104 Å². The van der Waals surface area contributed by atoms with E-state index in [4.69, 9.17) is 23.9 Å². The van der Waals surface area contributed by atoms with E-state index in [1.165, 1.54) is 6.07 Å². The molecule has 0 amide bonds. The van der Waals surface area contributed by atoms with Gasteiger partial charge in [0.1, 0.15) is 0 Å². The van der Waals surface area contributed by atoms with E-state index in [0.717, 1.165) is 66.4 Å². The molecular weight excluding hydrogens is 829 g/mol. The zero-order chi connectivity index (χ0) is 45.1. The number of aromatic nitrogens is 9. The number of nitrogens with zero attached hydrogens (tertiary/aromatic N) is 8. The van der Waals surface area contributed by atoms with Gasteiger partial charge in [0.25, 0.3) is 0 Å². The first-order chi connectivity index (χ1) is 28.1. The van der Waals surface area contributed by atoms with Gasteiger partial charge in [0.2, 0.25) is 17.3 Å². The van der Waals surface area contributed by atoms with Crippen LogP contribution in [0.5, 0.6) is 11.8 Å². The van der Waals surface area contributed by atoms with Crippen molar-refractivity contribution in [3.63, 3.8) is 0 Å². The molecule has 7 heterocycles. The summed E-state index contributed by atoms with van der Waals surface area (Å²) >= 11 is 3.26. The molecule has 2 N–H and O–H groups in total. The molecule has 0 aliphatic carbocycles. The lowest BCUT2D eigenvalue weighted by Gasteiger charge is -2.32. The van der Waals surface area contributed by atoms with Gasteiger partial charge in [0, 0.05) is 114 Å². The van der Waals surface area contributed by atoms with Crippen LogP contribution in [0.3, 0.4) is 0 Å². The highest BCUT2D eigenvalue weighted by Gasteiger charge is 2.53. The largest absolute Gasteiger partial charge is 0.498 e. The van der Waals surface area contributed by atoms with E-state index in [9.17, 15) is 4.79 Å². The van der Waals surface area contributed by atoms with Crippen LogP contribution in [0.2, 0.25) is 0 Å². The standard InChI is InChI=1S/C12H21BN2O2.C12H15N3O.C11H13N3O.C6H6BrNO.C2H6O/c1-8-10(9(2)15(7)14-8)13-16-11(3,4)12(5,6)17-13;1-8-12(9(2)15(3)14-8)10-5-6-11(16-4)13-7-10;1-7-11(8(2)14(3)13-7)9-4-5-10(15)12-6-9;1-9-6-3-2-5(7)4-8-6;1-2-3/h1-7H3;5-7H,1-4H3;4-6H,1-3H3,(H,12,15);2-4H,1H3;3H,2H2,1H3. The lowest BCUT2D eigenvalue weighted by atomic mass is 9.77. The summed E-state index contributed by atoms with van der Waals surface area (Å²) in [4.78, 5) is 21.8. The van der Waals surface area contributed by atoms with Gasteiger partial charge in [0.15, 0.2) is 0 Å². The van der Waals surface area contributed by atoms with Crippen LogP contribution in [0.15, 0.2) is 64.3 Å². The number of nitrogens with one attached hydrogen (secondary N) is 1. The predicted octanol–water partition coefficient (Wildman–Crippen LogP) is 6.69. The molecule has 324 valence electrons. The summed E-state index contributed by atoms with van der Waals surface area (Å²) in [5.74, 6) is 1.26. The lowest BCUT2D eigenvalue weighted by molar-refractivity contribution is 0.00578. The number of hydrogen-bond donors (Lipinski definition) is 2. The van der Waals surface area contributed by atoms with E-state index >= 15 is 0 Å². The van der Waals surface area contributed by atoms with Crippen molar-refractivity contribution in [3.8, 4) is 34.0 Å². The molecule has 60 heavy (non-hydrogen) atoms. The van der Waals surface area contributed by atoms with Crippen molar-refractivity contribution in [1.29, 1.82) is 0 Å². The zero-order valence-corrected chi connectivity index (χ0v) is 39.5. The van der Waals surface area contributed by atoms with Crippen LogP contribution in [0.25, 0.3) is 22.3 Å². The van der Waals surface area contributed by atoms with Crippen molar-refractivity contribution in [2.45, 2.75) is 87.4 Å². The maximum atomic E-state index is 11.0. The van der Waals surface area contributed by atoms with Gasteiger partial charge in [-0.15, -0.1) is 0 Å². The van der Waals surface area contributed by atoms with Gasteiger partial charge in [-0.25, -0.2) is 9.97 Å². The average molecular weight is 891 g/mol. The number of aliphatic hydroxyl groups is 1. The van der Waals surface area contributed by atoms with E-state index in [2.05, 4.69) is 80.8 Å². The minimum atomic E-state index is -0.311. The molecule has 0 bridgehead atoms. The third-order valence-corrected chi connectivity index (χ3v) is 10.8. The van der Waals surface area contributed by atoms with Crippen LogP contribution in [-0.4, -0.2) is 88.5 Å². The van der Waals surface area contributed by atoms with E-state index in [0.29, 0.717) is 11.8 Å². The van der Waals surface area contributed by atoms with Gasteiger partial charge in [0.05, 0.1) is 42.5 Å². The number of ether oxygens (including phenoxy) is 2. The van der Waals surface area contributed by atoms with Gasteiger partial charge >= 0.3 is 7.12 Å². The highest BCUT2D eigenvalue weighted by Crippen LogP contribution is 2.37. The van der Waals surface area contributed by atoms with E-state index < -0.39 is 0 Å². The molecule has 15 nitrogen and oxygen atoms in total. The van der Waals surface area contributed by atoms with Crippen molar-refractivity contribution in [2.75, 3.05) is 20.8 Å². The summed E-state index contributed by atoms with van der Waals surface area (Å²) in [6.07, 6.45) is 5.23. The molecule has 1 aliphatic heterocycles. The number of aromatic amines is 1. The Balaban J connectivity index is 0.000000213. The monoisotopic (exact) mass is 889 g/mol. The zero-order valence-electron chi connectivity index (χ0n) is 37.9. The van der Waals surface area contributed by atoms with Crippen molar-refractivity contribution >= 4 is 28.5 Å². The molecule has 0 spiro atoms. The fraction of sp³-hybridized carbons (Fsp3) is 0.442. The first-order valence-corrected chi connectivity index (χ1v) is 20.2. The third-order valence-electron chi connectivity index (χ3n) is 10.3. The normalized spacial score (nSPS) is 13.4. The van der Waals surface area contributed by atoms with Gasteiger partial charge in [-0.2, -0.15) is 15.3 Å². The molecule has 0 atom stereocenters. The Morgan fingerprint density at radius 2 is 1.13 bits per heavy atom. The van der Waals surface area contributed by atoms with Crippen LogP contribution in [0.1, 0.15) is 68.8 Å². The molecule has 1 fully saturated rings. The molecule has 0 aromatic carbocycles. The minimum absolute atomic E-state index is 0.0852. The summed E-state index contributed by atoms with van der Waals surface area (Å²) in [6, 6.07) is 10.9. The van der Waals surface area contributed by atoms with Gasteiger partial charge < -0.3 is 28.9 Å². The number of methoxy groups -OCH3 is 2. The Morgan fingerprint density at radius 3 is 1.48 bits per heavy atom. The van der Waals surface area contributed by atoms with Crippen molar-refractivity contribution in [1.82, 2.24) is 44.3 Å². The van der Waals surface area contributed by atoms with E-state index in [1.54, 1.807) is 39.6 Å². The van der Waals surface area contributed by atoms with Crippen LogP contribution < -0.4 is 20.5 Å². The summed E-state index contributed by atoms with van der Waals surface area (Å²) in [5, 5.41) is 20.7. The van der Waals surface area contributed by atoms with Gasteiger partial charge in [-0.3, -0.25) is 18.8 Å². The number of hydrogen-bond acceptors (Lipinski definition) is 11. The van der Waals surface area contributed by atoms with Crippen molar-refractivity contribution < 1.29 is 23.9 Å². The lowest BCUT2D eigenvalue weighted by Crippen LogP contribution is -2.41.